The average Bonchev–Trinajstić information content (AvgIpc) is 3.58. The Morgan fingerprint density at radius 3 is 2.73 bits per heavy atom. The first-order valence-electron chi connectivity index (χ1n) is 13.7. The number of rotatable bonds is 8. The Morgan fingerprint density at radius 1 is 1.15 bits per heavy atom. The Bertz CT molecular complexity index is 655. The Labute approximate surface area is 199 Å². The first-order valence-corrected chi connectivity index (χ1v) is 13.7. The normalized spacial score (nSPS) is 38.4. The zero-order chi connectivity index (χ0) is 22.8. The number of likely N-dealkylation sites (N-methyl/N-ethyl adjacent to an activating group) is 1. The monoisotopic (exact) mass is 462 g/mol. The topological polar surface area (TPSA) is 94.9 Å². The van der Waals surface area contributed by atoms with E-state index in [1.165, 1.54) is 38.5 Å². The van der Waals surface area contributed by atoms with Gasteiger partial charge in [-0.25, -0.2) is 5.01 Å². The van der Waals surface area contributed by atoms with Crippen molar-refractivity contribution in [1.82, 2.24) is 26.0 Å². The lowest BCUT2D eigenvalue weighted by Gasteiger charge is -2.46. The highest BCUT2D eigenvalue weighted by atomic mass is 16.5. The molecule has 0 radical (unpaired) electrons. The molecule has 5 aliphatic rings. The summed E-state index contributed by atoms with van der Waals surface area (Å²) in [6.07, 6.45) is 10.9. The van der Waals surface area contributed by atoms with Gasteiger partial charge in [-0.3, -0.25) is 15.5 Å². The third-order valence-electron chi connectivity index (χ3n) is 8.94. The molecule has 33 heavy (non-hydrogen) atoms. The standard InChI is InChI=1S/C25H46N6O2/c1-30(10-9-26)16-17-3-2-4-18(13-17)23-14-21(25(32)28-19-7-11-33-12-8-19)22-15-27-31(20-5-6-20)24(22)29-23/h17-24,27,29H,2-16,26H2,1H3,(H,28,32). The predicted molar refractivity (Wildman–Crippen MR) is 129 cm³/mol. The number of hydrogen-bond donors (Lipinski definition) is 4. The van der Waals surface area contributed by atoms with Gasteiger partial charge < -0.3 is 20.7 Å². The van der Waals surface area contributed by atoms with Gasteiger partial charge in [-0.2, -0.15) is 0 Å². The van der Waals surface area contributed by atoms with Crippen molar-refractivity contribution in [2.45, 2.75) is 82.1 Å². The van der Waals surface area contributed by atoms with E-state index in [1.54, 1.807) is 0 Å². The minimum Gasteiger partial charge on any atom is -0.381 e. The zero-order valence-corrected chi connectivity index (χ0v) is 20.5. The molecule has 0 spiro atoms. The van der Waals surface area contributed by atoms with Crippen LogP contribution in [0.5, 0.6) is 0 Å². The molecular weight excluding hydrogens is 416 g/mol. The zero-order valence-electron chi connectivity index (χ0n) is 20.5. The van der Waals surface area contributed by atoms with E-state index in [0.717, 1.165) is 64.6 Å². The second kappa shape index (κ2) is 10.9. The summed E-state index contributed by atoms with van der Waals surface area (Å²) in [6, 6.07) is 1.36. The van der Waals surface area contributed by atoms with Crippen molar-refractivity contribution < 1.29 is 9.53 Å². The summed E-state index contributed by atoms with van der Waals surface area (Å²) in [6.45, 7) is 5.31. The van der Waals surface area contributed by atoms with Crippen LogP contribution >= 0.6 is 0 Å². The highest BCUT2D eigenvalue weighted by Crippen LogP contribution is 2.41. The van der Waals surface area contributed by atoms with Crippen molar-refractivity contribution in [3.8, 4) is 0 Å². The quantitative estimate of drug-likeness (QED) is 0.425. The number of nitrogens with one attached hydrogen (secondary N) is 3. The molecule has 5 fully saturated rings. The molecule has 6 atom stereocenters. The molecule has 5 rings (SSSR count). The number of carbonyl (C=O) groups excluding carboxylic acids is 1. The number of hydrazine groups is 1. The molecule has 2 aliphatic carbocycles. The van der Waals surface area contributed by atoms with Crippen molar-refractivity contribution in [2.24, 2.45) is 29.4 Å². The highest BCUT2D eigenvalue weighted by molar-refractivity contribution is 5.79. The number of hydrogen-bond acceptors (Lipinski definition) is 7. The van der Waals surface area contributed by atoms with Gasteiger partial charge in [0, 0.05) is 69.4 Å². The van der Waals surface area contributed by atoms with Gasteiger partial charge in [0.2, 0.25) is 5.91 Å². The molecule has 5 N–H and O–H groups in total. The fourth-order valence-electron chi connectivity index (χ4n) is 7.03. The maximum atomic E-state index is 13.6. The fourth-order valence-corrected chi connectivity index (χ4v) is 7.03. The van der Waals surface area contributed by atoms with Gasteiger partial charge in [0.1, 0.15) is 0 Å². The second-order valence-electron chi connectivity index (χ2n) is 11.5. The molecule has 8 heteroatoms. The van der Waals surface area contributed by atoms with Crippen LogP contribution in [-0.2, 0) is 9.53 Å². The summed E-state index contributed by atoms with van der Waals surface area (Å²) < 4.78 is 5.50. The Kier molecular flexibility index (Phi) is 7.89. The molecule has 3 heterocycles. The molecule has 0 aromatic carbocycles. The lowest BCUT2D eigenvalue weighted by atomic mass is 9.71. The van der Waals surface area contributed by atoms with Crippen molar-refractivity contribution in [3.05, 3.63) is 0 Å². The summed E-state index contributed by atoms with van der Waals surface area (Å²) >= 11 is 0. The maximum Gasteiger partial charge on any atom is 0.223 e. The van der Waals surface area contributed by atoms with E-state index in [0.29, 0.717) is 30.1 Å². The van der Waals surface area contributed by atoms with Crippen LogP contribution in [-0.4, -0.2) is 86.5 Å². The number of piperidine rings is 1. The average molecular weight is 463 g/mol. The van der Waals surface area contributed by atoms with Crippen molar-refractivity contribution in [2.75, 3.05) is 46.4 Å². The van der Waals surface area contributed by atoms with Crippen LogP contribution in [0.3, 0.4) is 0 Å². The van der Waals surface area contributed by atoms with Crippen molar-refractivity contribution >= 4 is 5.91 Å². The molecule has 6 unspecified atom stereocenters. The summed E-state index contributed by atoms with van der Waals surface area (Å²) in [5.74, 6) is 2.15. The minimum absolute atomic E-state index is 0.0978. The smallest absolute Gasteiger partial charge is 0.223 e. The lowest BCUT2D eigenvalue weighted by molar-refractivity contribution is -0.130. The predicted octanol–water partition coefficient (Wildman–Crippen LogP) is 0.882. The van der Waals surface area contributed by atoms with Crippen LogP contribution < -0.4 is 21.8 Å². The molecular formula is C25H46N6O2. The Balaban J connectivity index is 1.26. The Morgan fingerprint density at radius 2 is 1.97 bits per heavy atom. The highest BCUT2D eigenvalue weighted by Gasteiger charge is 2.51. The van der Waals surface area contributed by atoms with Crippen LogP contribution in [0.15, 0.2) is 0 Å². The third-order valence-corrected chi connectivity index (χ3v) is 8.94. The molecule has 3 saturated heterocycles. The summed E-state index contributed by atoms with van der Waals surface area (Å²) in [5, 5.41) is 9.97. The van der Waals surface area contributed by atoms with Crippen LogP contribution in [0.2, 0.25) is 0 Å². The molecule has 3 aliphatic heterocycles. The number of amides is 1. The van der Waals surface area contributed by atoms with Crippen molar-refractivity contribution in [3.63, 3.8) is 0 Å². The second-order valence-corrected chi connectivity index (χ2v) is 11.5. The van der Waals surface area contributed by atoms with Gasteiger partial charge in [0.15, 0.2) is 0 Å². The number of carbonyl (C=O) groups is 1. The summed E-state index contributed by atoms with van der Waals surface area (Å²) in [4.78, 5) is 16.0. The largest absolute Gasteiger partial charge is 0.381 e. The van der Waals surface area contributed by atoms with Gasteiger partial charge in [0.25, 0.3) is 0 Å². The minimum atomic E-state index is 0.0978. The van der Waals surface area contributed by atoms with Gasteiger partial charge >= 0.3 is 0 Å². The van der Waals surface area contributed by atoms with E-state index in [9.17, 15) is 4.79 Å². The van der Waals surface area contributed by atoms with Crippen LogP contribution in [0.1, 0.15) is 57.8 Å². The van der Waals surface area contributed by atoms with Crippen LogP contribution in [0.4, 0.5) is 0 Å². The third kappa shape index (κ3) is 5.73. The molecule has 0 aromatic rings. The number of fused-ring (bicyclic) bond motifs is 1. The van der Waals surface area contributed by atoms with Gasteiger partial charge in [-0.05, 0) is 70.3 Å². The van der Waals surface area contributed by atoms with Gasteiger partial charge in [0.05, 0.1) is 6.17 Å². The number of nitrogens with zero attached hydrogens (tertiary/aromatic N) is 2. The lowest BCUT2D eigenvalue weighted by Crippen LogP contribution is -2.61. The molecule has 0 bridgehead atoms. The first kappa shape index (κ1) is 23.9. The summed E-state index contributed by atoms with van der Waals surface area (Å²) in [7, 11) is 2.20. The molecule has 0 aromatic heterocycles. The molecule has 8 nitrogen and oxygen atoms in total. The summed E-state index contributed by atoms with van der Waals surface area (Å²) in [5.41, 5.74) is 9.45. The van der Waals surface area contributed by atoms with Crippen LogP contribution in [0.25, 0.3) is 0 Å². The van der Waals surface area contributed by atoms with E-state index in [4.69, 9.17) is 10.5 Å². The van der Waals surface area contributed by atoms with E-state index in [2.05, 4.69) is 33.0 Å². The van der Waals surface area contributed by atoms with E-state index in [-0.39, 0.29) is 17.9 Å². The molecule has 188 valence electrons. The Hall–Kier alpha value is -0.770. The number of nitrogens with two attached hydrogens (primary N) is 1. The van der Waals surface area contributed by atoms with Gasteiger partial charge in [-0.1, -0.05) is 6.42 Å². The molecule has 2 saturated carbocycles. The van der Waals surface area contributed by atoms with Crippen molar-refractivity contribution in [1.29, 1.82) is 0 Å². The number of ether oxygens (including phenoxy) is 1. The van der Waals surface area contributed by atoms with E-state index < -0.39 is 0 Å². The van der Waals surface area contributed by atoms with Crippen LogP contribution in [0, 0.1) is 23.7 Å². The van der Waals surface area contributed by atoms with Gasteiger partial charge in [-0.15, -0.1) is 0 Å². The fraction of sp³-hybridized carbons (Fsp3) is 0.960. The maximum absolute atomic E-state index is 13.6. The van der Waals surface area contributed by atoms with E-state index in [1.807, 2.05) is 0 Å². The SMILES string of the molecule is CN(CCN)CC1CCCC(C2CC(C(=O)NC3CCOCC3)C3CNN(C4CC4)C3N2)C1. The van der Waals surface area contributed by atoms with E-state index >= 15 is 0 Å². The molecule has 1 amide bonds. The first-order chi connectivity index (χ1) is 16.1.